The van der Waals surface area contributed by atoms with Gasteiger partial charge in [0.2, 0.25) is 5.91 Å². The molecule has 9 heteroatoms. The van der Waals surface area contributed by atoms with E-state index in [0.717, 1.165) is 34.9 Å². The second-order valence-electron chi connectivity index (χ2n) is 10.4. The molecule has 1 saturated heterocycles. The van der Waals surface area contributed by atoms with Gasteiger partial charge < -0.3 is 14.8 Å². The quantitative estimate of drug-likeness (QED) is 0.550. The first kappa shape index (κ1) is 27.7. The van der Waals surface area contributed by atoms with Crippen molar-refractivity contribution in [3.05, 3.63) is 47.8 Å². The van der Waals surface area contributed by atoms with Crippen molar-refractivity contribution >= 4 is 34.6 Å². The summed E-state index contributed by atoms with van der Waals surface area (Å²) in [5.41, 5.74) is 4.73. The summed E-state index contributed by atoms with van der Waals surface area (Å²) in [6, 6.07) is 6.53. The number of carbonyl (C=O) groups excluding carboxylic acids is 3. The minimum absolute atomic E-state index is 0.0562. The zero-order valence-corrected chi connectivity index (χ0v) is 22.6. The number of pyridine rings is 1. The Hall–Kier alpha value is -3.30. The molecule has 0 saturated carbocycles. The maximum Gasteiger partial charge on any atom is 0.325 e. The predicted molar refractivity (Wildman–Crippen MR) is 145 cm³/mol. The van der Waals surface area contributed by atoms with Crippen molar-refractivity contribution in [1.82, 2.24) is 20.7 Å². The van der Waals surface area contributed by atoms with Crippen molar-refractivity contribution in [2.45, 2.75) is 77.7 Å². The van der Waals surface area contributed by atoms with Crippen LogP contribution in [-0.2, 0) is 23.9 Å². The van der Waals surface area contributed by atoms with E-state index in [-0.39, 0.29) is 17.7 Å². The van der Waals surface area contributed by atoms with Crippen LogP contribution < -0.4 is 10.7 Å². The van der Waals surface area contributed by atoms with Gasteiger partial charge in [0.15, 0.2) is 0 Å². The molecule has 2 N–H and O–H groups in total. The van der Waals surface area contributed by atoms with Gasteiger partial charge in [-0.2, -0.15) is 0 Å². The summed E-state index contributed by atoms with van der Waals surface area (Å²) in [7, 11) is 0. The summed E-state index contributed by atoms with van der Waals surface area (Å²) in [6.07, 6.45) is 7.45. The molecule has 1 aromatic carbocycles. The fraction of sp³-hybridized carbons (Fsp3) is 0.517. The number of hydrogen-bond acceptors (Lipinski definition) is 7. The molecule has 1 aromatic heterocycles. The topological polar surface area (TPSA) is 110 Å². The smallest absolute Gasteiger partial charge is 0.325 e. The third kappa shape index (κ3) is 6.76. The number of nitrogens with zero attached hydrogens (tertiary/aromatic N) is 2. The minimum Gasteiger partial charge on any atom is -0.457 e. The molecule has 0 radical (unpaired) electrons. The average molecular weight is 523 g/mol. The number of rotatable bonds is 1. The SMILES string of the molecule is CC(C)[C@@H]1OCCCC=Cc2cc3cc(ccc3cn2)[C@@H](C)OC(=O)[C@@H]2CCCN(N2)C(=O)[C@H](C)NC1=O. The standard InChI is InChI=1S/C29H38N4O5/c1-18(2)26-27(34)31-19(3)28(35)33-13-8-10-25(32-33)29(36)38-20(4)21-11-12-22-17-30-24(16-23(22)15-21)9-6-5-7-14-37-26/h6,9,11-12,15-20,25-26,32H,5,7-8,10,13-14H2,1-4H3,(H,31,34)/t19-,20+,25-,26-/m0/s1. The van der Waals surface area contributed by atoms with Gasteiger partial charge in [-0.05, 0) is 74.6 Å². The minimum atomic E-state index is -0.775. The molecular weight excluding hydrogens is 484 g/mol. The maximum atomic E-state index is 13.1. The second kappa shape index (κ2) is 12.5. The number of hydrogen-bond donors (Lipinski definition) is 2. The first-order chi connectivity index (χ1) is 18.2. The first-order valence-electron chi connectivity index (χ1n) is 13.5. The van der Waals surface area contributed by atoms with Crippen molar-refractivity contribution in [2.24, 2.45) is 5.92 Å². The number of amides is 2. The lowest BCUT2D eigenvalue weighted by Gasteiger charge is -2.35. The van der Waals surface area contributed by atoms with E-state index < -0.39 is 30.3 Å². The number of esters is 1. The molecule has 1 fully saturated rings. The number of hydrazine groups is 1. The largest absolute Gasteiger partial charge is 0.457 e. The van der Waals surface area contributed by atoms with Crippen LogP contribution in [0, 0.1) is 5.92 Å². The van der Waals surface area contributed by atoms with Crippen LogP contribution in [0.4, 0.5) is 0 Å². The lowest BCUT2D eigenvalue weighted by Crippen LogP contribution is -2.60. The molecular formula is C29H38N4O5. The summed E-state index contributed by atoms with van der Waals surface area (Å²) in [6.45, 7) is 8.19. The van der Waals surface area contributed by atoms with Crippen LogP contribution in [0.3, 0.4) is 0 Å². The number of cyclic esters (lactones) is 1. The highest BCUT2D eigenvalue weighted by atomic mass is 16.5. The summed E-state index contributed by atoms with van der Waals surface area (Å²) in [5.74, 6) is -1.10. The van der Waals surface area contributed by atoms with Crippen LogP contribution in [0.15, 0.2) is 36.5 Å². The monoisotopic (exact) mass is 522 g/mol. The van der Waals surface area contributed by atoms with Crippen LogP contribution in [-0.4, -0.2) is 59.1 Å². The molecule has 0 aliphatic carbocycles. The summed E-state index contributed by atoms with van der Waals surface area (Å²) in [4.78, 5) is 43.6. The zero-order chi connectivity index (χ0) is 27.2. The summed E-state index contributed by atoms with van der Waals surface area (Å²) < 4.78 is 11.7. The summed E-state index contributed by atoms with van der Waals surface area (Å²) in [5, 5.41) is 6.22. The van der Waals surface area contributed by atoms with E-state index in [1.807, 2.05) is 63.4 Å². The number of benzene rings is 1. The Labute approximate surface area is 223 Å². The van der Waals surface area contributed by atoms with Crippen LogP contribution in [0.2, 0.25) is 0 Å². The Kier molecular flexibility index (Phi) is 9.12. The highest BCUT2D eigenvalue weighted by Gasteiger charge is 2.33. The fourth-order valence-electron chi connectivity index (χ4n) is 4.74. The van der Waals surface area contributed by atoms with E-state index in [1.165, 1.54) is 5.01 Å². The highest BCUT2D eigenvalue weighted by Crippen LogP contribution is 2.24. The Morgan fingerprint density at radius 2 is 1.89 bits per heavy atom. The molecule has 2 aliphatic heterocycles. The van der Waals surface area contributed by atoms with Crippen molar-refractivity contribution < 1.29 is 23.9 Å². The molecule has 9 nitrogen and oxygen atoms in total. The third-order valence-corrected chi connectivity index (χ3v) is 6.96. The second-order valence-corrected chi connectivity index (χ2v) is 10.4. The van der Waals surface area contributed by atoms with E-state index in [0.29, 0.717) is 26.0 Å². The van der Waals surface area contributed by atoms with Gasteiger partial charge in [0.25, 0.3) is 5.91 Å². The molecule has 2 aromatic rings. The lowest BCUT2D eigenvalue weighted by molar-refractivity contribution is -0.157. The highest BCUT2D eigenvalue weighted by molar-refractivity contribution is 5.89. The molecule has 2 aliphatic rings. The molecule has 3 heterocycles. The van der Waals surface area contributed by atoms with Gasteiger partial charge in [0.1, 0.15) is 24.3 Å². The van der Waals surface area contributed by atoms with Gasteiger partial charge in [-0.15, -0.1) is 0 Å². The van der Waals surface area contributed by atoms with Crippen molar-refractivity contribution in [1.29, 1.82) is 0 Å². The Morgan fingerprint density at radius 1 is 1.08 bits per heavy atom. The molecule has 0 unspecified atom stereocenters. The van der Waals surface area contributed by atoms with Gasteiger partial charge >= 0.3 is 5.97 Å². The maximum absolute atomic E-state index is 13.1. The van der Waals surface area contributed by atoms with Gasteiger partial charge in [0, 0.05) is 24.7 Å². The Morgan fingerprint density at radius 3 is 2.68 bits per heavy atom. The van der Waals surface area contributed by atoms with E-state index >= 15 is 0 Å². The van der Waals surface area contributed by atoms with E-state index in [9.17, 15) is 14.4 Å². The third-order valence-electron chi connectivity index (χ3n) is 6.96. The van der Waals surface area contributed by atoms with Gasteiger partial charge in [-0.25, -0.2) is 5.43 Å². The van der Waals surface area contributed by atoms with Crippen LogP contribution in [0.1, 0.15) is 70.7 Å². The van der Waals surface area contributed by atoms with Crippen LogP contribution in [0.5, 0.6) is 0 Å². The molecule has 5 bridgehead atoms. The first-order valence-corrected chi connectivity index (χ1v) is 13.5. The Bertz CT molecular complexity index is 1200. The van der Waals surface area contributed by atoms with E-state index in [2.05, 4.69) is 15.7 Å². The molecule has 38 heavy (non-hydrogen) atoms. The van der Waals surface area contributed by atoms with Crippen molar-refractivity contribution in [2.75, 3.05) is 13.2 Å². The van der Waals surface area contributed by atoms with Crippen molar-refractivity contribution in [3.8, 4) is 0 Å². The Balaban J connectivity index is 1.58. The number of allylic oxidation sites excluding steroid dienone is 1. The molecule has 4 atom stereocenters. The number of carbonyl (C=O) groups is 3. The van der Waals surface area contributed by atoms with Gasteiger partial charge in [-0.1, -0.05) is 32.1 Å². The lowest BCUT2D eigenvalue weighted by atomic mass is 10.0. The van der Waals surface area contributed by atoms with E-state index in [1.54, 1.807) is 6.92 Å². The van der Waals surface area contributed by atoms with E-state index in [4.69, 9.17) is 9.47 Å². The molecule has 4 rings (SSSR count). The zero-order valence-electron chi connectivity index (χ0n) is 22.6. The van der Waals surface area contributed by atoms with Gasteiger partial charge in [-0.3, -0.25) is 24.4 Å². The van der Waals surface area contributed by atoms with Crippen LogP contribution in [0.25, 0.3) is 16.8 Å². The van der Waals surface area contributed by atoms with Crippen LogP contribution >= 0.6 is 0 Å². The predicted octanol–water partition coefficient (Wildman–Crippen LogP) is 3.69. The number of nitrogens with one attached hydrogen (secondary N) is 2. The number of fused-ring (bicyclic) bond motifs is 4. The number of ether oxygens (including phenoxy) is 2. The molecule has 204 valence electrons. The normalized spacial score (nSPS) is 26.2. The van der Waals surface area contributed by atoms with Gasteiger partial charge in [0.05, 0.1) is 5.69 Å². The number of aromatic nitrogens is 1. The average Bonchev–Trinajstić information content (AvgIpc) is 2.90. The fourth-order valence-corrected chi connectivity index (χ4v) is 4.74. The summed E-state index contributed by atoms with van der Waals surface area (Å²) >= 11 is 0. The molecule has 2 amide bonds. The van der Waals surface area contributed by atoms with Crippen molar-refractivity contribution in [3.63, 3.8) is 0 Å². The molecule has 0 spiro atoms.